The van der Waals surface area contributed by atoms with Crippen LogP contribution in [-0.4, -0.2) is 8.42 Å². The van der Waals surface area contributed by atoms with E-state index in [0.717, 1.165) is 14.5 Å². The van der Waals surface area contributed by atoms with Crippen molar-refractivity contribution in [2.24, 2.45) is 0 Å². The van der Waals surface area contributed by atoms with E-state index in [2.05, 4.69) is 36.6 Å². The van der Waals surface area contributed by atoms with Gasteiger partial charge in [0.15, 0.2) is 0 Å². The number of nitrogens with one attached hydrogen (secondary N) is 1. The molecule has 2 rings (SSSR count). The highest BCUT2D eigenvalue weighted by atomic mass is 79.9. The van der Waals surface area contributed by atoms with E-state index in [1.54, 1.807) is 19.1 Å². The second-order valence-electron chi connectivity index (χ2n) is 4.81. The van der Waals surface area contributed by atoms with E-state index in [4.69, 9.17) is 0 Å². The monoisotopic (exact) mass is 431 g/mol. The second-order valence-corrected chi connectivity index (χ2v) is 8.32. The van der Waals surface area contributed by atoms with Gasteiger partial charge in [0, 0.05) is 15.0 Å². The maximum Gasteiger partial charge on any atom is 0.241 e. The van der Waals surface area contributed by atoms with E-state index in [1.165, 1.54) is 0 Å². The number of halogens is 2. The van der Waals surface area contributed by atoms with Gasteiger partial charge in [-0.05, 0) is 49.2 Å². The molecule has 0 aliphatic heterocycles. The molecule has 0 aliphatic rings. The number of benzene rings is 2. The third-order valence-electron chi connectivity index (χ3n) is 3.12. The zero-order chi connectivity index (χ0) is 15.6. The van der Waals surface area contributed by atoms with Crippen molar-refractivity contribution in [2.45, 2.75) is 24.8 Å². The molecule has 3 nitrogen and oxygen atoms in total. The van der Waals surface area contributed by atoms with Crippen molar-refractivity contribution in [1.82, 2.24) is 4.72 Å². The number of sulfonamides is 1. The van der Waals surface area contributed by atoms with Crippen LogP contribution in [0.25, 0.3) is 0 Å². The van der Waals surface area contributed by atoms with Crippen molar-refractivity contribution in [3.05, 3.63) is 62.5 Å². The Balaban J connectivity index is 2.31. The average Bonchev–Trinajstić information content (AvgIpc) is 2.41. The van der Waals surface area contributed by atoms with E-state index in [-0.39, 0.29) is 6.04 Å². The number of aryl methyl sites for hydroxylation is 1. The molecule has 0 bridgehead atoms. The molecule has 6 heteroatoms. The first kappa shape index (κ1) is 16.7. The molecular weight excluding hydrogens is 418 g/mol. The maximum absolute atomic E-state index is 12.5. The Morgan fingerprint density at radius 2 is 1.71 bits per heavy atom. The summed E-state index contributed by atoms with van der Waals surface area (Å²) in [4.78, 5) is 0.290. The Bertz CT molecular complexity index is 760. The predicted molar refractivity (Wildman–Crippen MR) is 91.8 cm³/mol. The molecular formula is C15H15Br2NO2S. The highest BCUT2D eigenvalue weighted by Gasteiger charge is 2.20. The van der Waals surface area contributed by atoms with E-state index < -0.39 is 10.0 Å². The fourth-order valence-electron chi connectivity index (χ4n) is 2.00. The van der Waals surface area contributed by atoms with Crippen LogP contribution in [0.4, 0.5) is 0 Å². The molecule has 21 heavy (non-hydrogen) atoms. The summed E-state index contributed by atoms with van der Waals surface area (Å²) < 4.78 is 29.4. The van der Waals surface area contributed by atoms with Gasteiger partial charge in [-0.2, -0.15) is 0 Å². The van der Waals surface area contributed by atoms with Crippen LogP contribution in [0.5, 0.6) is 0 Å². The lowest BCUT2D eigenvalue weighted by Gasteiger charge is -2.16. The van der Waals surface area contributed by atoms with E-state index in [9.17, 15) is 8.42 Å². The van der Waals surface area contributed by atoms with Gasteiger partial charge in [0.25, 0.3) is 0 Å². The highest BCUT2D eigenvalue weighted by molar-refractivity contribution is 9.10. The predicted octanol–water partition coefficient (Wildman–Crippen LogP) is 4.56. The van der Waals surface area contributed by atoms with Crippen molar-refractivity contribution >= 4 is 41.9 Å². The molecule has 0 spiro atoms. The van der Waals surface area contributed by atoms with E-state index in [0.29, 0.717) is 10.5 Å². The van der Waals surface area contributed by atoms with Crippen molar-refractivity contribution < 1.29 is 8.42 Å². The van der Waals surface area contributed by atoms with Gasteiger partial charge in [-0.15, -0.1) is 0 Å². The minimum Gasteiger partial charge on any atom is -0.207 e. The first-order valence-electron chi connectivity index (χ1n) is 6.33. The molecule has 1 N–H and O–H groups in total. The SMILES string of the molecule is Cc1ccc(Br)cc1S(=O)(=O)NC(C)c1cccc(Br)c1. The van der Waals surface area contributed by atoms with Crippen LogP contribution in [0, 0.1) is 6.92 Å². The smallest absolute Gasteiger partial charge is 0.207 e. The lowest BCUT2D eigenvalue weighted by molar-refractivity contribution is 0.566. The Morgan fingerprint density at radius 3 is 2.38 bits per heavy atom. The Morgan fingerprint density at radius 1 is 1.05 bits per heavy atom. The maximum atomic E-state index is 12.5. The van der Waals surface area contributed by atoms with Gasteiger partial charge in [-0.3, -0.25) is 0 Å². The molecule has 0 aromatic heterocycles. The van der Waals surface area contributed by atoms with Crippen LogP contribution in [0.15, 0.2) is 56.3 Å². The summed E-state index contributed by atoms with van der Waals surface area (Å²) in [6, 6.07) is 12.5. The Labute approximate surface area is 142 Å². The molecule has 0 saturated heterocycles. The van der Waals surface area contributed by atoms with Crippen molar-refractivity contribution in [2.75, 3.05) is 0 Å². The minimum absolute atomic E-state index is 0.290. The van der Waals surface area contributed by atoms with Gasteiger partial charge in [-0.25, -0.2) is 13.1 Å². The highest BCUT2D eigenvalue weighted by Crippen LogP contribution is 2.24. The quantitative estimate of drug-likeness (QED) is 0.769. The summed E-state index contributed by atoms with van der Waals surface area (Å²) in [5, 5.41) is 0. The lowest BCUT2D eigenvalue weighted by atomic mass is 10.1. The van der Waals surface area contributed by atoms with Crippen LogP contribution in [0.2, 0.25) is 0 Å². The molecule has 1 atom stereocenters. The van der Waals surface area contributed by atoms with Gasteiger partial charge in [0.1, 0.15) is 0 Å². The van der Waals surface area contributed by atoms with E-state index >= 15 is 0 Å². The molecule has 0 heterocycles. The van der Waals surface area contributed by atoms with Crippen LogP contribution >= 0.6 is 31.9 Å². The zero-order valence-electron chi connectivity index (χ0n) is 11.6. The van der Waals surface area contributed by atoms with Crippen LogP contribution in [0.3, 0.4) is 0 Å². The summed E-state index contributed by atoms with van der Waals surface area (Å²) in [5.74, 6) is 0. The van der Waals surface area contributed by atoms with E-state index in [1.807, 2.05) is 37.3 Å². The van der Waals surface area contributed by atoms with Gasteiger partial charge in [0.05, 0.1) is 4.90 Å². The third kappa shape index (κ3) is 4.16. The fourth-order valence-corrected chi connectivity index (χ4v) is 4.44. The van der Waals surface area contributed by atoms with Gasteiger partial charge >= 0.3 is 0 Å². The van der Waals surface area contributed by atoms with Crippen LogP contribution in [0.1, 0.15) is 24.1 Å². The van der Waals surface area contributed by atoms with Crippen LogP contribution in [-0.2, 0) is 10.0 Å². The molecule has 0 aliphatic carbocycles. The molecule has 112 valence electrons. The van der Waals surface area contributed by atoms with Gasteiger partial charge in [0.2, 0.25) is 10.0 Å². The second kappa shape index (κ2) is 6.60. The lowest BCUT2D eigenvalue weighted by Crippen LogP contribution is -2.27. The molecule has 0 amide bonds. The molecule has 0 fully saturated rings. The summed E-state index contributed by atoms with van der Waals surface area (Å²) in [6.07, 6.45) is 0. The van der Waals surface area contributed by atoms with Gasteiger partial charge < -0.3 is 0 Å². The first-order valence-corrected chi connectivity index (χ1v) is 9.40. The van der Waals surface area contributed by atoms with Gasteiger partial charge in [-0.1, -0.05) is 50.1 Å². The molecule has 0 saturated carbocycles. The summed E-state index contributed by atoms with van der Waals surface area (Å²) in [5.41, 5.74) is 1.62. The standard InChI is InChI=1S/C15H15Br2NO2S/c1-10-6-7-14(17)9-15(10)21(19,20)18-11(2)12-4-3-5-13(16)8-12/h3-9,11,18H,1-2H3. The summed E-state index contributed by atoms with van der Waals surface area (Å²) >= 11 is 6.70. The number of hydrogen-bond donors (Lipinski definition) is 1. The zero-order valence-corrected chi connectivity index (χ0v) is 15.6. The molecule has 0 radical (unpaired) electrons. The third-order valence-corrected chi connectivity index (χ3v) is 5.79. The fraction of sp³-hybridized carbons (Fsp3) is 0.200. The topological polar surface area (TPSA) is 46.2 Å². The van der Waals surface area contributed by atoms with Crippen molar-refractivity contribution in [1.29, 1.82) is 0 Å². The average molecular weight is 433 g/mol. The number of hydrogen-bond acceptors (Lipinski definition) is 2. The largest absolute Gasteiger partial charge is 0.241 e. The molecule has 1 unspecified atom stereocenters. The molecule has 2 aromatic carbocycles. The Hall–Kier alpha value is -0.690. The van der Waals surface area contributed by atoms with Crippen molar-refractivity contribution in [3.8, 4) is 0 Å². The summed E-state index contributed by atoms with van der Waals surface area (Å²) in [6.45, 7) is 3.61. The van der Waals surface area contributed by atoms with Crippen molar-refractivity contribution in [3.63, 3.8) is 0 Å². The summed E-state index contributed by atoms with van der Waals surface area (Å²) in [7, 11) is -3.57. The molecule has 2 aromatic rings. The normalized spacial score (nSPS) is 13.1. The minimum atomic E-state index is -3.57. The first-order chi connectivity index (χ1) is 9.79. The number of rotatable bonds is 4. The Kier molecular flexibility index (Phi) is 5.24. The van der Waals surface area contributed by atoms with Crippen LogP contribution < -0.4 is 4.72 Å².